The van der Waals surface area contributed by atoms with Crippen molar-refractivity contribution < 1.29 is 52.2 Å². The summed E-state index contributed by atoms with van der Waals surface area (Å²) in [5.41, 5.74) is 0. The number of hydrogen-bond donors (Lipinski definition) is 2. The van der Waals surface area contributed by atoms with E-state index < -0.39 is 57.8 Å². The monoisotopic (exact) mass is 1060 g/mol. The lowest BCUT2D eigenvalue weighted by atomic mass is 10.0. The van der Waals surface area contributed by atoms with Gasteiger partial charge >= 0.3 is 25.7 Å². The Hall–Kier alpha value is -3.60. The molecule has 424 valence electrons. The summed E-state index contributed by atoms with van der Waals surface area (Å²) in [4.78, 5) is 48.5. The first kappa shape index (κ1) is 70.4. The summed E-state index contributed by atoms with van der Waals surface area (Å²) in [6.45, 7) is 4.33. The first-order valence-corrected chi connectivity index (χ1v) is 30.6. The molecule has 0 radical (unpaired) electrons. The van der Waals surface area contributed by atoms with E-state index in [9.17, 15) is 28.9 Å². The summed E-state index contributed by atoms with van der Waals surface area (Å²) in [7, 11) is -4.77. The highest BCUT2D eigenvalue weighted by Gasteiger charge is 2.28. The maximum absolute atomic E-state index is 12.9. The molecule has 74 heavy (non-hydrogen) atoms. The average Bonchev–Trinajstić information content (AvgIpc) is 3.39. The van der Waals surface area contributed by atoms with Gasteiger partial charge in [-0.1, -0.05) is 227 Å². The van der Waals surface area contributed by atoms with Gasteiger partial charge in [0, 0.05) is 19.3 Å². The highest BCUT2D eigenvalue weighted by atomic mass is 31.2. The van der Waals surface area contributed by atoms with Crippen LogP contribution < -0.4 is 0 Å². The van der Waals surface area contributed by atoms with Gasteiger partial charge in [0.2, 0.25) is 0 Å². The third-order valence-electron chi connectivity index (χ3n) is 12.0. The summed E-state index contributed by atoms with van der Waals surface area (Å²) < 4.78 is 39.4. The number of phosphoric acid groups is 1. The fourth-order valence-corrected chi connectivity index (χ4v) is 8.43. The lowest BCUT2D eigenvalue weighted by Crippen LogP contribution is -2.30. The number of carbonyl (C=O) groups excluding carboxylic acids is 3. The van der Waals surface area contributed by atoms with Gasteiger partial charge in [0.1, 0.15) is 12.7 Å². The Morgan fingerprint density at radius 1 is 0.392 bits per heavy atom. The van der Waals surface area contributed by atoms with E-state index >= 15 is 0 Å². The Morgan fingerprint density at radius 2 is 0.716 bits per heavy atom. The van der Waals surface area contributed by atoms with E-state index in [4.69, 9.17) is 23.3 Å². The van der Waals surface area contributed by atoms with E-state index in [1.807, 2.05) is 6.08 Å². The first-order chi connectivity index (χ1) is 36.2. The van der Waals surface area contributed by atoms with E-state index in [2.05, 4.69) is 112 Å². The molecule has 0 aliphatic heterocycles. The van der Waals surface area contributed by atoms with Crippen molar-refractivity contribution in [3.8, 4) is 0 Å². The minimum atomic E-state index is -4.77. The molecule has 0 aromatic heterocycles. The quantitative estimate of drug-likeness (QED) is 0.0197. The molecule has 0 aliphatic carbocycles. The number of unbranched alkanes of at least 4 members (excludes halogenated alkanes) is 20. The van der Waals surface area contributed by atoms with Crippen LogP contribution in [0.2, 0.25) is 0 Å². The van der Waals surface area contributed by atoms with E-state index in [0.29, 0.717) is 25.7 Å². The molecule has 0 aromatic rings. The molecule has 0 saturated carbocycles. The van der Waals surface area contributed by atoms with Gasteiger partial charge in [0.15, 0.2) is 6.10 Å². The highest BCUT2D eigenvalue weighted by Crippen LogP contribution is 2.43. The number of aliphatic hydroxyl groups excluding tert-OH is 1. The number of esters is 3. The van der Waals surface area contributed by atoms with E-state index in [1.54, 1.807) is 0 Å². The predicted molar refractivity (Wildman–Crippen MR) is 307 cm³/mol. The maximum Gasteiger partial charge on any atom is 0.472 e. The van der Waals surface area contributed by atoms with Crippen LogP contribution in [0.1, 0.15) is 239 Å². The van der Waals surface area contributed by atoms with Gasteiger partial charge in [-0.15, -0.1) is 0 Å². The van der Waals surface area contributed by atoms with Gasteiger partial charge < -0.3 is 24.2 Å². The number of allylic oxidation sites excluding steroid dienone is 16. The SMILES string of the molecule is CC/C=C\C/C=C\C/C=C\C/C=C\C/C=C\CCCC(=O)OCC(COP(=O)(O)OCC(CO)OC(=O)CCCCC/C=C\C/C=C\C/C=C\CC)OC(=O)CCCCCCCCCCCCCCCCCCC. The molecule has 0 rings (SSSR count). The van der Waals surface area contributed by atoms with Gasteiger partial charge in [-0.2, -0.15) is 0 Å². The van der Waals surface area contributed by atoms with Crippen LogP contribution in [0.3, 0.4) is 0 Å². The Labute approximate surface area is 451 Å². The van der Waals surface area contributed by atoms with Crippen molar-refractivity contribution in [2.75, 3.05) is 26.4 Å². The van der Waals surface area contributed by atoms with Crippen LogP contribution in [0.15, 0.2) is 97.2 Å². The lowest BCUT2D eigenvalue weighted by molar-refractivity contribution is -0.161. The van der Waals surface area contributed by atoms with Crippen molar-refractivity contribution in [1.29, 1.82) is 0 Å². The van der Waals surface area contributed by atoms with E-state index in [-0.39, 0.29) is 25.9 Å². The molecule has 0 aliphatic rings. The zero-order valence-corrected chi connectivity index (χ0v) is 47.7. The number of phosphoric ester groups is 1. The molecule has 11 nitrogen and oxygen atoms in total. The second-order valence-corrected chi connectivity index (χ2v) is 20.5. The van der Waals surface area contributed by atoms with Gasteiger partial charge in [0.25, 0.3) is 0 Å². The van der Waals surface area contributed by atoms with Gasteiger partial charge in [0.05, 0.1) is 19.8 Å². The van der Waals surface area contributed by atoms with Crippen LogP contribution in [0.25, 0.3) is 0 Å². The number of rotatable bonds is 53. The number of carbonyl (C=O) groups is 3. The van der Waals surface area contributed by atoms with Crippen LogP contribution in [0, 0.1) is 0 Å². The molecular formula is C62H105O11P. The minimum absolute atomic E-state index is 0.135. The number of hydrogen-bond acceptors (Lipinski definition) is 10. The maximum atomic E-state index is 12.9. The smallest absolute Gasteiger partial charge is 0.462 e. The van der Waals surface area contributed by atoms with Gasteiger partial charge in [-0.3, -0.25) is 23.4 Å². The third kappa shape index (κ3) is 53.2. The molecule has 0 fully saturated rings. The van der Waals surface area contributed by atoms with E-state index in [1.165, 1.54) is 83.5 Å². The molecule has 0 bridgehead atoms. The van der Waals surface area contributed by atoms with Crippen molar-refractivity contribution >= 4 is 25.7 Å². The van der Waals surface area contributed by atoms with Crippen molar-refractivity contribution in [2.45, 2.75) is 251 Å². The molecule has 0 saturated heterocycles. The summed E-state index contributed by atoms with van der Waals surface area (Å²) in [6, 6.07) is 0. The summed E-state index contributed by atoms with van der Waals surface area (Å²) >= 11 is 0. The molecular weight excluding hydrogens is 952 g/mol. The molecule has 0 amide bonds. The van der Waals surface area contributed by atoms with Crippen LogP contribution >= 0.6 is 7.82 Å². The zero-order chi connectivity index (χ0) is 54.1. The molecule has 0 aromatic carbocycles. The summed E-state index contributed by atoms with van der Waals surface area (Å²) in [6.07, 6.45) is 65.2. The predicted octanol–water partition coefficient (Wildman–Crippen LogP) is 17.3. The van der Waals surface area contributed by atoms with Crippen molar-refractivity contribution in [1.82, 2.24) is 0 Å². The van der Waals surface area contributed by atoms with Crippen molar-refractivity contribution in [3.63, 3.8) is 0 Å². The largest absolute Gasteiger partial charge is 0.472 e. The van der Waals surface area contributed by atoms with Crippen LogP contribution in [0.4, 0.5) is 0 Å². The fraction of sp³-hybridized carbons (Fsp3) is 0.694. The Morgan fingerprint density at radius 3 is 1.12 bits per heavy atom. The molecule has 2 N–H and O–H groups in total. The Bertz CT molecular complexity index is 1610. The van der Waals surface area contributed by atoms with Crippen molar-refractivity contribution in [2.24, 2.45) is 0 Å². The number of ether oxygens (including phenoxy) is 3. The molecule has 0 heterocycles. The van der Waals surface area contributed by atoms with Gasteiger partial charge in [-0.05, 0) is 89.9 Å². The molecule has 12 heteroatoms. The Balaban J connectivity index is 4.82. The lowest BCUT2D eigenvalue weighted by Gasteiger charge is -2.21. The normalized spacial score (nSPS) is 14.1. The average molecular weight is 1060 g/mol. The van der Waals surface area contributed by atoms with Crippen molar-refractivity contribution in [3.05, 3.63) is 97.2 Å². The zero-order valence-electron chi connectivity index (χ0n) is 46.8. The van der Waals surface area contributed by atoms with Gasteiger partial charge in [-0.25, -0.2) is 4.57 Å². The second kappa shape index (κ2) is 55.6. The van der Waals surface area contributed by atoms with Crippen LogP contribution in [-0.2, 0) is 42.2 Å². The summed E-state index contributed by atoms with van der Waals surface area (Å²) in [5.74, 6) is -1.56. The Kier molecular flexibility index (Phi) is 52.9. The van der Waals surface area contributed by atoms with E-state index in [0.717, 1.165) is 89.9 Å². The topological polar surface area (TPSA) is 155 Å². The molecule has 3 atom stereocenters. The second-order valence-electron chi connectivity index (χ2n) is 19.0. The highest BCUT2D eigenvalue weighted by molar-refractivity contribution is 7.47. The van der Waals surface area contributed by atoms with Crippen LogP contribution in [0.5, 0.6) is 0 Å². The summed E-state index contributed by atoms with van der Waals surface area (Å²) in [5, 5.41) is 9.80. The van der Waals surface area contributed by atoms with Crippen LogP contribution in [-0.4, -0.2) is 66.5 Å². The first-order valence-electron chi connectivity index (χ1n) is 29.1. The standard InChI is InChI=1S/C62H105O11P/c1-4-7-10-13-16-19-22-25-27-29-31-34-36-39-42-45-48-51-60(64)69-55-59(73-62(66)53-50-47-44-41-38-35-32-30-28-26-23-20-17-14-11-8-5-2)57-71-74(67,68)70-56-58(54-63)72-61(65)52-49-46-43-40-37-33-24-21-18-15-12-9-6-3/h7,9-10,12,16,18-19,21,25,27,31,33-34,37,39,42,58-59,63H,4-6,8,11,13-15,17,20,22-24,26,28-30,32,35-36,38,40-41,43-57H2,1-3H3,(H,67,68)/b10-7-,12-9-,19-16-,21-18-,27-25-,34-31-,37-33-,42-39-. The fourth-order valence-electron chi connectivity index (χ4n) is 7.64. The minimum Gasteiger partial charge on any atom is -0.462 e. The molecule has 0 spiro atoms. The molecule has 3 unspecified atom stereocenters. The third-order valence-corrected chi connectivity index (χ3v) is 13.0. The number of aliphatic hydroxyl groups is 1.